The van der Waals surface area contributed by atoms with Crippen LogP contribution in [0, 0.1) is 0 Å². The number of rotatable bonds is 4. The molecule has 3 aromatic rings. The third-order valence-electron chi connectivity index (χ3n) is 4.40. The van der Waals surface area contributed by atoms with Crippen molar-refractivity contribution in [2.75, 3.05) is 11.3 Å². The van der Waals surface area contributed by atoms with Gasteiger partial charge in [-0.2, -0.15) is 22.8 Å². The molecule has 0 spiro atoms. The normalized spacial score (nSPS) is 14.4. The van der Waals surface area contributed by atoms with Gasteiger partial charge in [-0.05, 0) is 36.2 Å². The maximum absolute atomic E-state index is 12.6. The highest BCUT2D eigenvalue weighted by Crippen LogP contribution is 2.30. The topological polar surface area (TPSA) is 106 Å². The summed E-state index contributed by atoms with van der Waals surface area (Å²) in [4.78, 5) is 16.3. The van der Waals surface area contributed by atoms with Gasteiger partial charge in [0.15, 0.2) is 0 Å². The molecule has 2 aromatic carbocycles. The number of aromatic nitrogens is 3. The van der Waals surface area contributed by atoms with Gasteiger partial charge in [0, 0.05) is 6.54 Å². The number of anilines is 1. The summed E-state index contributed by atoms with van der Waals surface area (Å²) in [6, 6.07) is 10.8. The predicted molar refractivity (Wildman–Crippen MR) is 99.6 cm³/mol. The van der Waals surface area contributed by atoms with Crippen molar-refractivity contribution in [2.45, 2.75) is 17.5 Å². The van der Waals surface area contributed by atoms with Gasteiger partial charge in [0.05, 0.1) is 11.3 Å². The molecule has 0 bridgehead atoms. The standard InChI is InChI=1S/C18H14F3N5O3S/c19-18(20,21)12-7-5-11(6-8-12)9-10-22-16(27)15-23-17-25-30(28,29)14-4-2-1-3-13(14)26(17)24-15/h1-8H,9-10H2,(H,22,27)(H,23,24,25). The van der Waals surface area contributed by atoms with Crippen molar-refractivity contribution in [3.05, 3.63) is 65.5 Å². The van der Waals surface area contributed by atoms with Crippen molar-refractivity contribution < 1.29 is 26.4 Å². The molecule has 2 N–H and O–H groups in total. The first-order valence-corrected chi connectivity index (χ1v) is 10.2. The zero-order valence-electron chi connectivity index (χ0n) is 15.1. The maximum atomic E-state index is 12.6. The van der Waals surface area contributed by atoms with E-state index in [1.54, 1.807) is 12.1 Å². The van der Waals surface area contributed by atoms with E-state index in [1.807, 2.05) is 0 Å². The molecule has 8 nitrogen and oxygen atoms in total. The number of nitrogens with zero attached hydrogens (tertiary/aromatic N) is 3. The lowest BCUT2D eigenvalue weighted by Crippen LogP contribution is -2.27. The fraction of sp³-hybridized carbons (Fsp3) is 0.167. The number of alkyl halides is 3. The number of sulfonamides is 1. The molecule has 0 aliphatic carbocycles. The molecule has 0 atom stereocenters. The summed E-state index contributed by atoms with van der Waals surface area (Å²) in [6.07, 6.45) is -4.11. The van der Waals surface area contributed by atoms with Gasteiger partial charge in [0.1, 0.15) is 4.90 Å². The van der Waals surface area contributed by atoms with Gasteiger partial charge in [0.25, 0.3) is 15.9 Å². The number of fused-ring (bicyclic) bond motifs is 3. The summed E-state index contributed by atoms with van der Waals surface area (Å²) >= 11 is 0. The third kappa shape index (κ3) is 3.73. The summed E-state index contributed by atoms with van der Waals surface area (Å²) in [5.41, 5.74) is 0.135. The molecule has 1 aliphatic rings. The SMILES string of the molecule is O=C(NCCc1ccc(C(F)(F)F)cc1)c1nc2n(n1)-c1ccccc1S(=O)(=O)N2. The molecule has 156 valence electrons. The molecule has 1 aromatic heterocycles. The molecule has 0 radical (unpaired) electrons. The minimum atomic E-state index is -4.40. The van der Waals surface area contributed by atoms with Crippen LogP contribution >= 0.6 is 0 Å². The Morgan fingerprint density at radius 2 is 1.80 bits per heavy atom. The molecule has 12 heteroatoms. The number of para-hydroxylation sites is 1. The molecular weight excluding hydrogens is 423 g/mol. The molecule has 2 heterocycles. The molecular formula is C18H14F3N5O3S. The van der Waals surface area contributed by atoms with Crippen LogP contribution in [0.5, 0.6) is 0 Å². The lowest BCUT2D eigenvalue weighted by molar-refractivity contribution is -0.137. The second kappa shape index (κ2) is 7.13. The number of halogens is 3. The molecule has 0 fully saturated rings. The van der Waals surface area contributed by atoms with Crippen molar-refractivity contribution in [3.63, 3.8) is 0 Å². The second-order valence-corrected chi connectivity index (χ2v) is 8.10. The van der Waals surface area contributed by atoms with E-state index in [0.717, 1.165) is 12.1 Å². The minimum absolute atomic E-state index is 0.0108. The summed E-state index contributed by atoms with van der Waals surface area (Å²) in [6.45, 7) is 0.135. The van der Waals surface area contributed by atoms with E-state index in [0.29, 0.717) is 12.0 Å². The minimum Gasteiger partial charge on any atom is -0.349 e. The number of hydrogen-bond donors (Lipinski definition) is 2. The van der Waals surface area contributed by atoms with E-state index in [2.05, 4.69) is 20.1 Å². The van der Waals surface area contributed by atoms with Crippen LogP contribution in [0.15, 0.2) is 53.4 Å². The number of carbonyl (C=O) groups excluding carboxylic acids is 1. The van der Waals surface area contributed by atoms with Gasteiger partial charge >= 0.3 is 6.18 Å². The Kier molecular flexibility index (Phi) is 4.73. The quantitative estimate of drug-likeness (QED) is 0.652. The van der Waals surface area contributed by atoms with E-state index in [-0.39, 0.29) is 28.9 Å². The first kappa shape index (κ1) is 19.9. The van der Waals surface area contributed by atoms with Gasteiger partial charge < -0.3 is 5.32 Å². The van der Waals surface area contributed by atoms with Gasteiger partial charge in [-0.3, -0.25) is 4.79 Å². The van der Waals surface area contributed by atoms with Gasteiger partial charge in [-0.25, -0.2) is 13.1 Å². The monoisotopic (exact) mass is 437 g/mol. The Bertz CT molecular complexity index is 1220. The molecule has 1 amide bonds. The lowest BCUT2D eigenvalue weighted by Gasteiger charge is -2.17. The zero-order chi connectivity index (χ0) is 21.5. The van der Waals surface area contributed by atoms with Crippen LogP contribution < -0.4 is 10.0 Å². The van der Waals surface area contributed by atoms with Crippen LogP contribution in [0.4, 0.5) is 19.1 Å². The molecule has 30 heavy (non-hydrogen) atoms. The zero-order valence-corrected chi connectivity index (χ0v) is 16.0. The Hall–Kier alpha value is -3.41. The van der Waals surface area contributed by atoms with Crippen LogP contribution in [0.25, 0.3) is 5.69 Å². The first-order chi connectivity index (χ1) is 14.1. The maximum Gasteiger partial charge on any atom is 0.416 e. The van der Waals surface area contributed by atoms with Crippen LogP contribution in [-0.2, 0) is 22.6 Å². The summed E-state index contributed by atoms with van der Waals surface area (Å²) in [5.74, 6) is -0.987. The van der Waals surface area contributed by atoms with Gasteiger partial charge in [0.2, 0.25) is 11.8 Å². The predicted octanol–water partition coefficient (Wildman–Crippen LogP) is 2.37. The highest BCUT2D eigenvalue weighted by molar-refractivity contribution is 7.92. The van der Waals surface area contributed by atoms with E-state index < -0.39 is 27.7 Å². The van der Waals surface area contributed by atoms with Crippen LogP contribution in [0.3, 0.4) is 0 Å². The molecule has 1 aliphatic heterocycles. The van der Waals surface area contributed by atoms with Crippen molar-refractivity contribution in [1.29, 1.82) is 0 Å². The van der Waals surface area contributed by atoms with E-state index in [4.69, 9.17) is 0 Å². The first-order valence-electron chi connectivity index (χ1n) is 8.69. The average molecular weight is 437 g/mol. The Morgan fingerprint density at radius 1 is 1.10 bits per heavy atom. The highest BCUT2D eigenvalue weighted by Gasteiger charge is 2.31. The number of hydrogen-bond acceptors (Lipinski definition) is 5. The van der Waals surface area contributed by atoms with Crippen molar-refractivity contribution in [1.82, 2.24) is 20.1 Å². The Labute approximate surface area is 168 Å². The Balaban J connectivity index is 1.44. The molecule has 0 saturated carbocycles. The number of carbonyl (C=O) groups is 1. The summed E-state index contributed by atoms with van der Waals surface area (Å²) in [7, 11) is -3.82. The third-order valence-corrected chi connectivity index (χ3v) is 5.77. The Morgan fingerprint density at radius 3 is 2.50 bits per heavy atom. The fourth-order valence-electron chi connectivity index (χ4n) is 2.94. The summed E-state index contributed by atoms with van der Waals surface area (Å²) in [5, 5.41) is 6.63. The van der Waals surface area contributed by atoms with Crippen LogP contribution in [-0.4, -0.2) is 35.6 Å². The largest absolute Gasteiger partial charge is 0.416 e. The van der Waals surface area contributed by atoms with Gasteiger partial charge in [-0.15, -0.1) is 5.10 Å². The smallest absolute Gasteiger partial charge is 0.349 e. The van der Waals surface area contributed by atoms with E-state index in [1.165, 1.54) is 28.9 Å². The van der Waals surface area contributed by atoms with Crippen molar-refractivity contribution in [3.8, 4) is 5.69 Å². The van der Waals surface area contributed by atoms with Crippen molar-refractivity contribution in [2.24, 2.45) is 0 Å². The highest BCUT2D eigenvalue weighted by atomic mass is 32.2. The summed E-state index contributed by atoms with van der Waals surface area (Å²) < 4.78 is 65.8. The number of benzene rings is 2. The number of amides is 1. The fourth-order valence-corrected chi connectivity index (χ4v) is 4.11. The lowest BCUT2D eigenvalue weighted by atomic mass is 10.1. The van der Waals surface area contributed by atoms with Crippen molar-refractivity contribution >= 4 is 21.9 Å². The number of nitrogens with one attached hydrogen (secondary N) is 2. The molecule has 0 saturated heterocycles. The average Bonchev–Trinajstić information content (AvgIpc) is 3.11. The molecule has 4 rings (SSSR count). The van der Waals surface area contributed by atoms with E-state index in [9.17, 15) is 26.4 Å². The van der Waals surface area contributed by atoms with Crippen LogP contribution in [0.1, 0.15) is 21.7 Å². The molecule has 0 unspecified atom stereocenters. The van der Waals surface area contributed by atoms with Crippen LogP contribution in [0.2, 0.25) is 0 Å². The van der Waals surface area contributed by atoms with E-state index >= 15 is 0 Å². The van der Waals surface area contributed by atoms with Gasteiger partial charge in [-0.1, -0.05) is 24.3 Å². The second-order valence-electron chi connectivity index (χ2n) is 6.44.